The van der Waals surface area contributed by atoms with E-state index < -0.39 is 9.84 Å². The normalized spacial score (nSPS) is 11.4. The summed E-state index contributed by atoms with van der Waals surface area (Å²) in [5.74, 6) is -0.388. The van der Waals surface area contributed by atoms with Gasteiger partial charge in [0.2, 0.25) is 0 Å². The molecule has 0 radical (unpaired) electrons. The first-order chi connectivity index (χ1) is 13.4. The van der Waals surface area contributed by atoms with E-state index in [4.69, 9.17) is 0 Å². The van der Waals surface area contributed by atoms with Crippen LogP contribution in [-0.2, 0) is 16.3 Å². The van der Waals surface area contributed by atoms with Crippen molar-refractivity contribution in [2.24, 2.45) is 0 Å². The molecule has 28 heavy (non-hydrogen) atoms. The summed E-state index contributed by atoms with van der Waals surface area (Å²) in [5.41, 5.74) is 3.38. The molecule has 0 saturated heterocycles. The second kappa shape index (κ2) is 8.67. The molecule has 0 spiro atoms. The molecule has 1 amide bonds. The fourth-order valence-electron chi connectivity index (χ4n) is 2.72. The van der Waals surface area contributed by atoms with E-state index in [9.17, 15) is 13.2 Å². The van der Waals surface area contributed by atoms with Gasteiger partial charge < -0.3 is 0 Å². The summed E-state index contributed by atoms with van der Waals surface area (Å²) in [6.45, 7) is 2.18. The fraction of sp³-hybridized carbons (Fsp3) is 0.238. The zero-order chi connectivity index (χ0) is 20.1. The highest BCUT2D eigenvalue weighted by molar-refractivity contribution is 7.90. The summed E-state index contributed by atoms with van der Waals surface area (Å²) in [6.07, 6.45) is 4.53. The lowest BCUT2D eigenvalue weighted by Gasteiger charge is -2.04. The van der Waals surface area contributed by atoms with E-state index in [2.05, 4.69) is 29.4 Å². The number of carbonyl (C=O) groups excluding carboxylic acids is 1. The number of benzene rings is 2. The first kappa shape index (κ1) is 20.2. The van der Waals surface area contributed by atoms with Crippen molar-refractivity contribution in [3.05, 3.63) is 65.0 Å². The third kappa shape index (κ3) is 5.05. The molecule has 7 heteroatoms. The molecule has 0 fully saturated rings. The molecule has 0 saturated carbocycles. The molecule has 2 aromatic carbocycles. The fourth-order valence-corrected chi connectivity index (χ4v) is 4.11. The number of hydrogen-bond donors (Lipinski definition) is 1. The van der Waals surface area contributed by atoms with Crippen molar-refractivity contribution in [3.8, 4) is 11.3 Å². The van der Waals surface area contributed by atoms with Crippen LogP contribution in [-0.4, -0.2) is 25.6 Å². The van der Waals surface area contributed by atoms with Gasteiger partial charge in [-0.1, -0.05) is 43.7 Å². The first-order valence-corrected chi connectivity index (χ1v) is 11.8. The van der Waals surface area contributed by atoms with Crippen LogP contribution in [0.5, 0.6) is 0 Å². The first-order valence-electron chi connectivity index (χ1n) is 9.03. The number of unbranched alkanes of at least 4 members (excludes halogenated alkanes) is 1. The molecule has 0 atom stereocenters. The maximum absolute atomic E-state index is 12.4. The second-order valence-electron chi connectivity index (χ2n) is 6.59. The number of rotatable bonds is 7. The van der Waals surface area contributed by atoms with Crippen LogP contribution in [0.25, 0.3) is 11.3 Å². The third-order valence-corrected chi connectivity index (χ3v) is 6.19. The number of aryl methyl sites for hydroxylation is 1. The van der Waals surface area contributed by atoms with Crippen molar-refractivity contribution in [2.75, 3.05) is 11.6 Å². The van der Waals surface area contributed by atoms with Crippen LogP contribution in [0, 0.1) is 0 Å². The number of carbonyl (C=O) groups is 1. The molecule has 1 N–H and O–H groups in total. The minimum atomic E-state index is -3.37. The molecule has 0 aliphatic heterocycles. The smallest absolute Gasteiger partial charge is 0.257 e. The molecule has 1 aromatic heterocycles. The third-order valence-electron chi connectivity index (χ3n) is 4.32. The average molecular weight is 415 g/mol. The number of amides is 1. The molecule has 146 valence electrons. The minimum absolute atomic E-state index is 0.114. The van der Waals surface area contributed by atoms with E-state index >= 15 is 0 Å². The summed E-state index contributed by atoms with van der Waals surface area (Å²) in [7, 11) is -3.37. The van der Waals surface area contributed by atoms with Gasteiger partial charge >= 0.3 is 0 Å². The number of aromatic nitrogens is 1. The molecular weight excluding hydrogens is 392 g/mol. The van der Waals surface area contributed by atoms with E-state index in [0.717, 1.165) is 23.9 Å². The minimum Gasteiger partial charge on any atom is -0.298 e. The Morgan fingerprint density at radius 1 is 1.14 bits per heavy atom. The van der Waals surface area contributed by atoms with Gasteiger partial charge in [0.1, 0.15) is 0 Å². The van der Waals surface area contributed by atoms with Gasteiger partial charge in [-0.3, -0.25) is 10.1 Å². The Labute approximate surface area is 169 Å². The van der Waals surface area contributed by atoms with Crippen LogP contribution < -0.4 is 5.32 Å². The monoisotopic (exact) mass is 414 g/mol. The zero-order valence-electron chi connectivity index (χ0n) is 15.8. The van der Waals surface area contributed by atoms with Crippen LogP contribution in [0.15, 0.2) is 58.8 Å². The molecule has 3 rings (SSSR count). The van der Waals surface area contributed by atoms with Gasteiger partial charge in [0, 0.05) is 22.8 Å². The summed E-state index contributed by atoms with van der Waals surface area (Å²) in [5, 5.41) is 5.10. The van der Waals surface area contributed by atoms with Crippen molar-refractivity contribution in [1.29, 1.82) is 0 Å². The van der Waals surface area contributed by atoms with Gasteiger partial charge in [0.25, 0.3) is 5.91 Å². The maximum atomic E-state index is 12.4. The Morgan fingerprint density at radius 3 is 2.57 bits per heavy atom. The predicted octanol–water partition coefficient (Wildman–Crippen LogP) is 4.81. The van der Waals surface area contributed by atoms with E-state index in [1.165, 1.54) is 41.9 Å². The number of hydrogen-bond acceptors (Lipinski definition) is 5. The molecule has 5 nitrogen and oxygen atoms in total. The van der Waals surface area contributed by atoms with Crippen molar-refractivity contribution in [1.82, 2.24) is 4.98 Å². The SMILES string of the molecule is CCCCc1ccc(-c2csc(NC(=O)c3cccc(S(C)(=O)=O)c3)n2)cc1. The largest absolute Gasteiger partial charge is 0.298 e. The lowest BCUT2D eigenvalue weighted by Crippen LogP contribution is -2.12. The van der Waals surface area contributed by atoms with E-state index in [1.807, 2.05) is 17.5 Å². The number of thiazole rings is 1. The molecule has 3 aromatic rings. The van der Waals surface area contributed by atoms with Crippen molar-refractivity contribution < 1.29 is 13.2 Å². The highest BCUT2D eigenvalue weighted by Crippen LogP contribution is 2.26. The summed E-state index contributed by atoms with van der Waals surface area (Å²) >= 11 is 1.33. The summed E-state index contributed by atoms with van der Waals surface area (Å²) < 4.78 is 23.3. The number of nitrogens with one attached hydrogen (secondary N) is 1. The van der Waals surface area contributed by atoms with Gasteiger partial charge in [0.05, 0.1) is 10.6 Å². The summed E-state index contributed by atoms with van der Waals surface area (Å²) in [4.78, 5) is 17.0. The van der Waals surface area contributed by atoms with Crippen molar-refractivity contribution in [3.63, 3.8) is 0 Å². The highest BCUT2D eigenvalue weighted by Gasteiger charge is 2.13. The standard InChI is InChI=1S/C21H22N2O3S2/c1-3-4-6-15-9-11-16(12-10-15)19-14-27-21(22-19)23-20(24)17-7-5-8-18(13-17)28(2,25)26/h5,7-14H,3-4,6H2,1-2H3,(H,22,23,24). The van der Waals surface area contributed by atoms with Crippen molar-refractivity contribution >= 4 is 32.2 Å². The molecule has 1 heterocycles. The van der Waals surface area contributed by atoms with Crippen LogP contribution in [0.1, 0.15) is 35.7 Å². The Bertz CT molecular complexity index is 1070. The van der Waals surface area contributed by atoms with Gasteiger partial charge in [-0.2, -0.15) is 0 Å². The van der Waals surface area contributed by atoms with Gasteiger partial charge in [-0.25, -0.2) is 13.4 Å². The number of anilines is 1. The average Bonchev–Trinajstić information content (AvgIpc) is 3.14. The maximum Gasteiger partial charge on any atom is 0.257 e. The van der Waals surface area contributed by atoms with Gasteiger partial charge in [0.15, 0.2) is 15.0 Å². The lowest BCUT2D eigenvalue weighted by atomic mass is 10.1. The van der Waals surface area contributed by atoms with Crippen LogP contribution >= 0.6 is 11.3 Å². The highest BCUT2D eigenvalue weighted by atomic mass is 32.2. The number of nitrogens with zero attached hydrogens (tertiary/aromatic N) is 1. The Balaban J connectivity index is 1.71. The second-order valence-corrected chi connectivity index (χ2v) is 9.47. The lowest BCUT2D eigenvalue weighted by molar-refractivity contribution is 0.102. The number of sulfone groups is 1. The summed E-state index contributed by atoms with van der Waals surface area (Å²) in [6, 6.07) is 14.3. The molecule has 0 aliphatic rings. The molecule has 0 unspecified atom stereocenters. The van der Waals surface area contributed by atoms with Gasteiger partial charge in [-0.05, 0) is 36.6 Å². The zero-order valence-corrected chi connectivity index (χ0v) is 17.4. The van der Waals surface area contributed by atoms with Gasteiger partial charge in [-0.15, -0.1) is 11.3 Å². The van der Waals surface area contributed by atoms with Crippen molar-refractivity contribution in [2.45, 2.75) is 31.1 Å². The van der Waals surface area contributed by atoms with E-state index in [-0.39, 0.29) is 16.4 Å². The van der Waals surface area contributed by atoms with E-state index in [0.29, 0.717) is 5.13 Å². The topological polar surface area (TPSA) is 76.1 Å². The van der Waals surface area contributed by atoms with Crippen LogP contribution in [0.4, 0.5) is 5.13 Å². The Morgan fingerprint density at radius 2 is 1.89 bits per heavy atom. The molecular formula is C21H22N2O3S2. The Kier molecular flexibility index (Phi) is 6.26. The predicted molar refractivity (Wildman–Crippen MR) is 114 cm³/mol. The Hall–Kier alpha value is -2.51. The molecule has 0 bridgehead atoms. The van der Waals surface area contributed by atoms with E-state index in [1.54, 1.807) is 12.1 Å². The van der Waals surface area contributed by atoms with Crippen LogP contribution in [0.3, 0.4) is 0 Å². The quantitative estimate of drug-likeness (QED) is 0.602. The molecule has 0 aliphatic carbocycles. The van der Waals surface area contributed by atoms with Crippen LogP contribution in [0.2, 0.25) is 0 Å².